The van der Waals surface area contributed by atoms with E-state index in [1.165, 1.54) is 0 Å². The van der Waals surface area contributed by atoms with E-state index < -0.39 is 0 Å². The highest BCUT2D eigenvalue weighted by Gasteiger charge is 2.16. The van der Waals surface area contributed by atoms with Crippen LogP contribution in [0.2, 0.25) is 0 Å². The third-order valence-electron chi connectivity index (χ3n) is 4.11. The quantitative estimate of drug-likeness (QED) is 0.831. The molecule has 0 spiro atoms. The molecule has 1 aliphatic heterocycles. The highest BCUT2D eigenvalue weighted by atomic mass is 16.5. The molecular weight excluding hydrogens is 332 g/mol. The van der Waals surface area contributed by atoms with E-state index in [4.69, 9.17) is 9.47 Å². The van der Waals surface area contributed by atoms with Gasteiger partial charge in [0.25, 0.3) is 0 Å². The van der Waals surface area contributed by atoms with Crippen LogP contribution in [-0.4, -0.2) is 44.4 Å². The van der Waals surface area contributed by atoms with Crippen molar-refractivity contribution in [2.45, 2.75) is 13.2 Å². The van der Waals surface area contributed by atoms with Gasteiger partial charge in [0.1, 0.15) is 5.82 Å². The molecule has 1 aromatic carbocycles. The van der Waals surface area contributed by atoms with E-state index in [9.17, 15) is 4.79 Å². The van der Waals surface area contributed by atoms with Crippen LogP contribution in [-0.2, 0) is 22.6 Å². The molecule has 7 nitrogen and oxygen atoms in total. The lowest BCUT2D eigenvalue weighted by Crippen LogP contribution is -2.38. The van der Waals surface area contributed by atoms with Gasteiger partial charge in [0.15, 0.2) is 0 Å². The zero-order valence-electron chi connectivity index (χ0n) is 14.9. The number of aromatic nitrogens is 1. The Labute approximate surface area is 153 Å². The van der Waals surface area contributed by atoms with Gasteiger partial charge in [-0.25, -0.2) is 9.78 Å². The van der Waals surface area contributed by atoms with Gasteiger partial charge in [-0.2, -0.15) is 0 Å². The largest absolute Gasteiger partial charge is 0.380 e. The summed E-state index contributed by atoms with van der Waals surface area (Å²) in [6, 6.07) is 11.2. The van der Waals surface area contributed by atoms with Gasteiger partial charge in [0.2, 0.25) is 0 Å². The van der Waals surface area contributed by atoms with Crippen molar-refractivity contribution in [2.75, 3.05) is 43.6 Å². The monoisotopic (exact) mass is 356 g/mol. The van der Waals surface area contributed by atoms with E-state index in [-0.39, 0.29) is 6.03 Å². The Bertz CT molecular complexity index is 732. The van der Waals surface area contributed by atoms with Crippen molar-refractivity contribution in [3.8, 4) is 0 Å². The Hall–Kier alpha value is -2.64. The first-order valence-corrected chi connectivity index (χ1v) is 8.65. The molecule has 2 N–H and O–H groups in total. The summed E-state index contributed by atoms with van der Waals surface area (Å²) in [5, 5.41) is 5.75. The molecule has 1 aromatic heterocycles. The standard InChI is InChI=1S/C19H24N4O3/c1-25-14-15-4-2-6-17(12-15)22-19(24)21-13-16-5-3-7-20-18(16)23-8-10-26-11-9-23/h2-7,12H,8-11,13-14H2,1H3,(H2,21,22,24). The van der Waals surface area contributed by atoms with Gasteiger partial charge in [-0.15, -0.1) is 0 Å². The average molecular weight is 356 g/mol. The smallest absolute Gasteiger partial charge is 0.319 e. The second kappa shape index (κ2) is 9.17. The summed E-state index contributed by atoms with van der Waals surface area (Å²) in [5.74, 6) is 0.901. The van der Waals surface area contributed by atoms with Gasteiger partial charge < -0.3 is 25.0 Å². The summed E-state index contributed by atoms with van der Waals surface area (Å²) in [6.07, 6.45) is 1.77. The maximum atomic E-state index is 12.2. The maximum Gasteiger partial charge on any atom is 0.319 e. The highest BCUT2D eigenvalue weighted by Crippen LogP contribution is 2.18. The first kappa shape index (κ1) is 18.2. The fraction of sp³-hybridized carbons (Fsp3) is 0.368. The normalized spacial score (nSPS) is 14.1. The van der Waals surface area contributed by atoms with Crippen molar-refractivity contribution in [3.63, 3.8) is 0 Å². The zero-order chi connectivity index (χ0) is 18.2. The topological polar surface area (TPSA) is 75.7 Å². The number of rotatable bonds is 6. The third kappa shape index (κ3) is 4.93. The number of benzene rings is 1. The Kier molecular flexibility index (Phi) is 6.40. The van der Waals surface area contributed by atoms with Crippen LogP contribution >= 0.6 is 0 Å². The fourth-order valence-electron chi connectivity index (χ4n) is 2.88. The van der Waals surface area contributed by atoms with E-state index >= 15 is 0 Å². The van der Waals surface area contributed by atoms with Crippen molar-refractivity contribution in [1.82, 2.24) is 10.3 Å². The van der Waals surface area contributed by atoms with E-state index in [1.54, 1.807) is 13.3 Å². The van der Waals surface area contributed by atoms with Crippen molar-refractivity contribution < 1.29 is 14.3 Å². The predicted molar refractivity (Wildman–Crippen MR) is 100 cm³/mol. The van der Waals surface area contributed by atoms with Crippen LogP contribution < -0.4 is 15.5 Å². The Morgan fingerprint density at radius 3 is 2.92 bits per heavy atom. The van der Waals surface area contributed by atoms with E-state index in [1.807, 2.05) is 36.4 Å². The molecule has 0 radical (unpaired) electrons. The van der Waals surface area contributed by atoms with Crippen LogP contribution in [0.25, 0.3) is 0 Å². The number of anilines is 2. The molecule has 0 bridgehead atoms. The summed E-state index contributed by atoms with van der Waals surface area (Å²) < 4.78 is 10.5. The van der Waals surface area contributed by atoms with Crippen LogP contribution in [0.3, 0.4) is 0 Å². The fourth-order valence-corrected chi connectivity index (χ4v) is 2.88. The molecule has 0 saturated carbocycles. The lowest BCUT2D eigenvalue weighted by atomic mass is 10.2. The minimum atomic E-state index is -0.253. The molecule has 7 heteroatoms. The highest BCUT2D eigenvalue weighted by molar-refractivity contribution is 5.89. The van der Waals surface area contributed by atoms with Gasteiger partial charge in [-0.3, -0.25) is 0 Å². The molecule has 1 aliphatic rings. The minimum Gasteiger partial charge on any atom is -0.380 e. The Morgan fingerprint density at radius 2 is 2.12 bits per heavy atom. The molecule has 26 heavy (non-hydrogen) atoms. The molecule has 2 amide bonds. The number of ether oxygens (including phenoxy) is 2. The molecule has 0 unspecified atom stereocenters. The number of hydrogen-bond donors (Lipinski definition) is 2. The van der Waals surface area contributed by atoms with Gasteiger partial charge in [0.05, 0.1) is 19.8 Å². The van der Waals surface area contributed by atoms with Crippen molar-refractivity contribution in [1.29, 1.82) is 0 Å². The Balaban J connectivity index is 1.58. The number of urea groups is 1. The van der Waals surface area contributed by atoms with Gasteiger partial charge in [-0.1, -0.05) is 18.2 Å². The van der Waals surface area contributed by atoms with Crippen molar-refractivity contribution in [2.24, 2.45) is 0 Å². The summed E-state index contributed by atoms with van der Waals surface area (Å²) >= 11 is 0. The van der Waals surface area contributed by atoms with Crippen molar-refractivity contribution >= 4 is 17.5 Å². The minimum absolute atomic E-state index is 0.253. The zero-order valence-corrected chi connectivity index (χ0v) is 14.9. The van der Waals surface area contributed by atoms with Gasteiger partial charge >= 0.3 is 6.03 Å². The van der Waals surface area contributed by atoms with Crippen LogP contribution in [0.15, 0.2) is 42.6 Å². The van der Waals surface area contributed by atoms with E-state index in [0.717, 1.165) is 35.7 Å². The predicted octanol–water partition coefficient (Wildman–Crippen LogP) is 2.39. The number of carbonyl (C=O) groups excluding carboxylic acids is 1. The lowest BCUT2D eigenvalue weighted by Gasteiger charge is -2.29. The van der Waals surface area contributed by atoms with E-state index in [2.05, 4.69) is 20.5 Å². The molecule has 3 rings (SSSR count). The van der Waals surface area contributed by atoms with Gasteiger partial charge in [-0.05, 0) is 23.8 Å². The first-order chi connectivity index (χ1) is 12.8. The third-order valence-corrected chi connectivity index (χ3v) is 4.11. The SMILES string of the molecule is COCc1cccc(NC(=O)NCc2cccnc2N2CCOCC2)c1. The van der Waals surface area contributed by atoms with Crippen LogP contribution in [0.4, 0.5) is 16.3 Å². The second-order valence-electron chi connectivity index (χ2n) is 6.03. The van der Waals surface area contributed by atoms with Crippen molar-refractivity contribution in [3.05, 3.63) is 53.7 Å². The molecule has 1 saturated heterocycles. The molecule has 2 aromatic rings. The molecule has 0 aliphatic carbocycles. The molecule has 138 valence electrons. The summed E-state index contributed by atoms with van der Waals surface area (Å²) in [7, 11) is 1.65. The number of hydrogen-bond acceptors (Lipinski definition) is 5. The molecule has 1 fully saturated rings. The van der Waals surface area contributed by atoms with Crippen LogP contribution in [0.1, 0.15) is 11.1 Å². The number of nitrogens with zero attached hydrogens (tertiary/aromatic N) is 2. The number of pyridine rings is 1. The van der Waals surface area contributed by atoms with Crippen LogP contribution in [0.5, 0.6) is 0 Å². The maximum absolute atomic E-state index is 12.2. The second-order valence-corrected chi connectivity index (χ2v) is 6.03. The summed E-state index contributed by atoms with van der Waals surface area (Å²) in [5.41, 5.74) is 2.72. The van der Waals surface area contributed by atoms with E-state index in [0.29, 0.717) is 26.4 Å². The average Bonchev–Trinajstić information content (AvgIpc) is 2.68. The first-order valence-electron chi connectivity index (χ1n) is 8.65. The lowest BCUT2D eigenvalue weighted by molar-refractivity contribution is 0.122. The molecule has 2 heterocycles. The number of methoxy groups -OCH3 is 1. The number of nitrogens with one attached hydrogen (secondary N) is 2. The molecule has 0 atom stereocenters. The van der Waals surface area contributed by atoms with Crippen LogP contribution in [0, 0.1) is 0 Å². The Morgan fingerprint density at radius 1 is 1.27 bits per heavy atom. The molecular formula is C19H24N4O3. The summed E-state index contributed by atoms with van der Waals surface area (Å²) in [4.78, 5) is 18.9. The number of morpholine rings is 1. The number of carbonyl (C=O) groups is 1. The number of amides is 2. The summed E-state index contributed by atoms with van der Waals surface area (Å²) in [6.45, 7) is 3.92. The van der Waals surface area contributed by atoms with Gasteiger partial charge in [0, 0.05) is 44.2 Å².